The van der Waals surface area contributed by atoms with E-state index in [4.69, 9.17) is 25.8 Å². The number of aliphatic imine (C=N–C) groups is 1. The monoisotopic (exact) mass is 547 g/mol. The molecule has 0 spiro atoms. The van der Waals surface area contributed by atoms with E-state index in [1.807, 2.05) is 30.3 Å². The number of nitrogens with zero attached hydrogens (tertiary/aromatic N) is 1. The fourth-order valence-corrected chi connectivity index (χ4v) is 3.15. The summed E-state index contributed by atoms with van der Waals surface area (Å²) in [6, 6.07) is 11.8. The molecule has 0 unspecified atom stereocenters. The Kier molecular flexibility index (Phi) is 10.6. The predicted molar refractivity (Wildman–Crippen MR) is 134 cm³/mol. The van der Waals surface area contributed by atoms with E-state index in [-0.39, 0.29) is 29.4 Å². The molecule has 0 atom stereocenters. The Morgan fingerprint density at radius 2 is 1.63 bits per heavy atom. The SMILES string of the molecule is CN=C(NCc1cc(OC)c(OC)c(OC)c1)NCC(C)(C)c1cccc(Cl)c1.I. The Morgan fingerprint density at radius 3 is 2.13 bits per heavy atom. The van der Waals surface area contributed by atoms with E-state index in [1.165, 1.54) is 0 Å². The minimum absolute atomic E-state index is 0. The molecule has 166 valence electrons. The topological polar surface area (TPSA) is 64.1 Å². The zero-order valence-corrected chi connectivity index (χ0v) is 21.4. The van der Waals surface area contributed by atoms with Crippen LogP contribution in [0.3, 0.4) is 0 Å². The molecule has 0 heterocycles. The van der Waals surface area contributed by atoms with E-state index in [0.717, 1.165) is 16.1 Å². The number of methoxy groups -OCH3 is 3. The van der Waals surface area contributed by atoms with Gasteiger partial charge in [0.2, 0.25) is 5.75 Å². The van der Waals surface area contributed by atoms with Crippen LogP contribution < -0.4 is 24.8 Å². The minimum atomic E-state index is -0.116. The predicted octanol–water partition coefficient (Wildman–Crippen LogP) is 4.63. The van der Waals surface area contributed by atoms with Gasteiger partial charge in [-0.15, -0.1) is 24.0 Å². The second-order valence-corrected chi connectivity index (χ2v) is 7.64. The van der Waals surface area contributed by atoms with Crippen LogP contribution in [0.15, 0.2) is 41.4 Å². The van der Waals surface area contributed by atoms with Crippen molar-refractivity contribution in [2.75, 3.05) is 34.9 Å². The van der Waals surface area contributed by atoms with Gasteiger partial charge in [-0.1, -0.05) is 37.6 Å². The first kappa shape index (κ1) is 26.2. The number of hydrogen-bond donors (Lipinski definition) is 2. The van der Waals surface area contributed by atoms with E-state index in [0.29, 0.717) is 36.3 Å². The highest BCUT2D eigenvalue weighted by molar-refractivity contribution is 14.0. The third-order valence-electron chi connectivity index (χ3n) is 4.71. The molecule has 2 N–H and O–H groups in total. The van der Waals surface area contributed by atoms with Crippen LogP contribution in [-0.4, -0.2) is 40.9 Å². The number of ether oxygens (including phenoxy) is 3. The van der Waals surface area contributed by atoms with Gasteiger partial charge in [0, 0.05) is 30.6 Å². The van der Waals surface area contributed by atoms with E-state index in [2.05, 4.69) is 35.5 Å². The molecule has 2 aromatic rings. The van der Waals surface area contributed by atoms with Gasteiger partial charge < -0.3 is 24.8 Å². The second-order valence-electron chi connectivity index (χ2n) is 7.21. The highest BCUT2D eigenvalue weighted by Crippen LogP contribution is 2.38. The lowest BCUT2D eigenvalue weighted by Gasteiger charge is -2.27. The van der Waals surface area contributed by atoms with Gasteiger partial charge in [-0.3, -0.25) is 4.99 Å². The maximum absolute atomic E-state index is 6.14. The average Bonchev–Trinajstić information content (AvgIpc) is 2.72. The quantitative estimate of drug-likeness (QED) is 0.287. The maximum atomic E-state index is 6.14. The molecule has 0 amide bonds. The highest BCUT2D eigenvalue weighted by atomic mass is 127. The molecule has 0 aromatic heterocycles. The summed E-state index contributed by atoms with van der Waals surface area (Å²) in [5.41, 5.74) is 2.03. The van der Waals surface area contributed by atoms with Crippen molar-refractivity contribution < 1.29 is 14.2 Å². The Morgan fingerprint density at radius 1 is 1.00 bits per heavy atom. The van der Waals surface area contributed by atoms with Gasteiger partial charge in [0.1, 0.15) is 0 Å². The van der Waals surface area contributed by atoms with E-state index in [1.54, 1.807) is 28.4 Å². The molecule has 2 rings (SSSR count). The largest absolute Gasteiger partial charge is 0.493 e. The minimum Gasteiger partial charge on any atom is -0.493 e. The van der Waals surface area contributed by atoms with Crippen molar-refractivity contribution in [3.05, 3.63) is 52.5 Å². The number of nitrogens with one attached hydrogen (secondary N) is 2. The molecule has 0 bridgehead atoms. The van der Waals surface area contributed by atoms with Crippen molar-refractivity contribution in [1.29, 1.82) is 0 Å². The van der Waals surface area contributed by atoms with Crippen molar-refractivity contribution in [2.45, 2.75) is 25.8 Å². The van der Waals surface area contributed by atoms with Crippen molar-refractivity contribution >= 4 is 41.5 Å². The summed E-state index contributed by atoms with van der Waals surface area (Å²) in [4.78, 5) is 4.32. The zero-order chi connectivity index (χ0) is 21.4. The Balaban J connectivity index is 0.00000450. The lowest BCUT2D eigenvalue weighted by atomic mass is 9.84. The van der Waals surface area contributed by atoms with Crippen molar-refractivity contribution in [2.24, 2.45) is 4.99 Å². The molecule has 6 nitrogen and oxygen atoms in total. The molecule has 0 aliphatic heterocycles. The Hall–Kier alpha value is -1.87. The van der Waals surface area contributed by atoms with Crippen LogP contribution in [0, 0.1) is 0 Å². The van der Waals surface area contributed by atoms with E-state index < -0.39 is 0 Å². The number of rotatable bonds is 8. The summed E-state index contributed by atoms with van der Waals surface area (Å²) in [5.74, 6) is 2.51. The summed E-state index contributed by atoms with van der Waals surface area (Å²) in [7, 11) is 6.54. The summed E-state index contributed by atoms with van der Waals surface area (Å²) < 4.78 is 16.2. The smallest absolute Gasteiger partial charge is 0.203 e. The fourth-order valence-electron chi connectivity index (χ4n) is 2.96. The van der Waals surface area contributed by atoms with Gasteiger partial charge >= 0.3 is 0 Å². The molecule has 8 heteroatoms. The van der Waals surface area contributed by atoms with Gasteiger partial charge in [0.25, 0.3) is 0 Å². The number of benzene rings is 2. The van der Waals surface area contributed by atoms with E-state index in [9.17, 15) is 0 Å². The first-order chi connectivity index (χ1) is 13.8. The molecule has 0 fully saturated rings. The lowest BCUT2D eigenvalue weighted by molar-refractivity contribution is 0.323. The standard InChI is InChI=1S/C22H30ClN3O3.HI/c1-22(2,16-8-7-9-17(23)12-16)14-26-21(24-3)25-13-15-10-18(27-4)20(29-6)19(11-15)28-5;/h7-12H,13-14H2,1-6H3,(H2,24,25,26);1H. The molecule has 0 aliphatic rings. The summed E-state index contributed by atoms with van der Waals surface area (Å²) in [6.07, 6.45) is 0. The first-order valence-electron chi connectivity index (χ1n) is 9.34. The third kappa shape index (κ3) is 6.84. The zero-order valence-electron chi connectivity index (χ0n) is 18.3. The van der Waals surface area contributed by atoms with Gasteiger partial charge in [-0.25, -0.2) is 0 Å². The third-order valence-corrected chi connectivity index (χ3v) is 4.95. The molecule has 2 aromatic carbocycles. The number of hydrogen-bond acceptors (Lipinski definition) is 4. The number of halogens is 2. The lowest BCUT2D eigenvalue weighted by Crippen LogP contribution is -2.43. The Labute approximate surface area is 201 Å². The molecule has 0 saturated carbocycles. The van der Waals surface area contributed by atoms with E-state index >= 15 is 0 Å². The molecule has 0 aliphatic carbocycles. The normalized spacial score (nSPS) is 11.4. The van der Waals surface area contributed by atoms with Gasteiger partial charge in [0.05, 0.1) is 21.3 Å². The van der Waals surface area contributed by atoms with Crippen molar-refractivity contribution in [1.82, 2.24) is 10.6 Å². The average molecular weight is 548 g/mol. The van der Waals surface area contributed by atoms with Gasteiger partial charge in [-0.2, -0.15) is 0 Å². The fraction of sp³-hybridized carbons (Fsp3) is 0.409. The van der Waals surface area contributed by atoms with Crippen molar-refractivity contribution in [3.63, 3.8) is 0 Å². The Bertz CT molecular complexity index is 834. The number of guanidine groups is 1. The molecular weight excluding hydrogens is 517 g/mol. The summed E-state index contributed by atoms with van der Waals surface area (Å²) in [6.45, 7) is 5.58. The molecular formula is C22H31ClIN3O3. The summed E-state index contributed by atoms with van der Waals surface area (Å²) in [5, 5.41) is 7.44. The maximum Gasteiger partial charge on any atom is 0.203 e. The molecule has 0 radical (unpaired) electrons. The van der Waals surface area contributed by atoms with Crippen LogP contribution in [0.4, 0.5) is 0 Å². The van der Waals surface area contributed by atoms with Gasteiger partial charge in [0.15, 0.2) is 17.5 Å². The first-order valence-corrected chi connectivity index (χ1v) is 9.72. The van der Waals surface area contributed by atoms with Crippen LogP contribution in [0.1, 0.15) is 25.0 Å². The second kappa shape index (κ2) is 12.1. The molecule has 30 heavy (non-hydrogen) atoms. The van der Waals surface area contributed by atoms with Crippen LogP contribution in [0.2, 0.25) is 5.02 Å². The van der Waals surface area contributed by atoms with Crippen LogP contribution in [-0.2, 0) is 12.0 Å². The van der Waals surface area contributed by atoms with Crippen LogP contribution in [0.25, 0.3) is 0 Å². The highest BCUT2D eigenvalue weighted by Gasteiger charge is 2.21. The summed E-state index contributed by atoms with van der Waals surface area (Å²) >= 11 is 6.14. The van der Waals surface area contributed by atoms with Crippen molar-refractivity contribution in [3.8, 4) is 17.2 Å². The van der Waals surface area contributed by atoms with Crippen LogP contribution >= 0.6 is 35.6 Å². The van der Waals surface area contributed by atoms with Crippen LogP contribution in [0.5, 0.6) is 17.2 Å². The molecule has 0 saturated heterocycles. The van der Waals surface area contributed by atoms with Gasteiger partial charge in [-0.05, 0) is 35.4 Å².